The Labute approximate surface area is 126 Å². The lowest BCUT2D eigenvalue weighted by atomic mass is 10.1. The Bertz CT molecular complexity index is 574. The molecule has 0 heterocycles. The third-order valence-corrected chi connectivity index (χ3v) is 3.89. The van der Waals surface area contributed by atoms with Crippen LogP contribution in [0.15, 0.2) is 46.9 Å². The van der Waals surface area contributed by atoms with Crippen molar-refractivity contribution in [2.75, 3.05) is 11.9 Å². The highest BCUT2D eigenvalue weighted by Crippen LogP contribution is 2.28. The van der Waals surface area contributed by atoms with Gasteiger partial charge in [0.1, 0.15) is 5.82 Å². The van der Waals surface area contributed by atoms with Crippen molar-refractivity contribution in [3.63, 3.8) is 0 Å². The molecule has 0 N–H and O–H groups in total. The Hall–Kier alpha value is -1.06. The minimum Gasteiger partial charge on any atom is -0.369 e. The van der Waals surface area contributed by atoms with Gasteiger partial charge in [-0.15, -0.1) is 11.6 Å². The summed E-state index contributed by atoms with van der Waals surface area (Å²) in [5.74, 6) is 0.304. The highest BCUT2D eigenvalue weighted by Gasteiger charge is 2.09. The van der Waals surface area contributed by atoms with Crippen LogP contribution in [0, 0.1) is 5.82 Å². The zero-order chi connectivity index (χ0) is 13.8. The van der Waals surface area contributed by atoms with Crippen molar-refractivity contribution in [3.8, 4) is 0 Å². The molecule has 4 heteroatoms. The molecule has 0 radical (unpaired) electrons. The quantitative estimate of drug-likeness (QED) is 0.710. The molecule has 0 unspecified atom stereocenters. The summed E-state index contributed by atoms with van der Waals surface area (Å²) in [4.78, 5) is 2.00. The van der Waals surface area contributed by atoms with Crippen LogP contribution in [-0.4, -0.2) is 7.05 Å². The summed E-state index contributed by atoms with van der Waals surface area (Å²) in [6, 6.07) is 12.8. The Morgan fingerprint density at radius 3 is 2.58 bits per heavy atom. The van der Waals surface area contributed by atoms with Crippen molar-refractivity contribution in [1.29, 1.82) is 0 Å². The number of anilines is 1. The fraction of sp³-hybridized carbons (Fsp3) is 0.200. The molecular formula is C15H14BrClFN. The number of nitrogens with zero attached hydrogens (tertiary/aromatic N) is 1. The molecule has 19 heavy (non-hydrogen) atoms. The zero-order valence-electron chi connectivity index (χ0n) is 10.5. The van der Waals surface area contributed by atoms with Gasteiger partial charge in [0.25, 0.3) is 0 Å². The SMILES string of the molecule is CN(Cc1ccccc1F)c1ccc(CCl)cc1Br. The van der Waals surface area contributed by atoms with Crippen LogP contribution in [0.25, 0.3) is 0 Å². The molecule has 2 rings (SSSR count). The van der Waals surface area contributed by atoms with Crippen LogP contribution in [0.5, 0.6) is 0 Å². The van der Waals surface area contributed by atoms with E-state index in [0.717, 1.165) is 15.7 Å². The van der Waals surface area contributed by atoms with Crippen LogP contribution in [0.2, 0.25) is 0 Å². The number of rotatable bonds is 4. The van der Waals surface area contributed by atoms with Crippen LogP contribution in [-0.2, 0) is 12.4 Å². The number of halogens is 3. The third-order valence-electron chi connectivity index (χ3n) is 2.94. The second-order valence-corrected chi connectivity index (χ2v) is 5.49. The van der Waals surface area contributed by atoms with Crippen LogP contribution in [0.3, 0.4) is 0 Å². The number of hydrogen-bond acceptors (Lipinski definition) is 1. The van der Waals surface area contributed by atoms with Crippen LogP contribution in [0.4, 0.5) is 10.1 Å². The molecule has 0 aliphatic carbocycles. The van der Waals surface area contributed by atoms with Gasteiger partial charge in [0.2, 0.25) is 0 Å². The first kappa shape index (κ1) is 14.4. The van der Waals surface area contributed by atoms with Crippen molar-refractivity contribution in [3.05, 3.63) is 63.9 Å². The highest BCUT2D eigenvalue weighted by atomic mass is 79.9. The first-order valence-corrected chi connectivity index (χ1v) is 7.23. The average molecular weight is 343 g/mol. The van der Waals surface area contributed by atoms with E-state index in [2.05, 4.69) is 15.9 Å². The molecule has 2 aromatic carbocycles. The lowest BCUT2D eigenvalue weighted by Crippen LogP contribution is -2.17. The van der Waals surface area contributed by atoms with Crippen LogP contribution >= 0.6 is 27.5 Å². The molecule has 0 fully saturated rings. The topological polar surface area (TPSA) is 3.24 Å². The van der Waals surface area contributed by atoms with E-state index in [0.29, 0.717) is 18.0 Å². The predicted molar refractivity (Wildman–Crippen MR) is 82.2 cm³/mol. The first-order chi connectivity index (χ1) is 9.11. The van der Waals surface area contributed by atoms with Gasteiger partial charge in [0, 0.05) is 29.5 Å². The van der Waals surface area contributed by atoms with Crippen molar-refractivity contribution in [2.45, 2.75) is 12.4 Å². The third kappa shape index (κ3) is 3.48. The Morgan fingerprint density at radius 2 is 1.95 bits per heavy atom. The molecule has 0 aliphatic rings. The zero-order valence-corrected chi connectivity index (χ0v) is 12.9. The van der Waals surface area contributed by atoms with E-state index in [-0.39, 0.29) is 5.82 Å². The maximum absolute atomic E-state index is 13.6. The Kier molecular flexibility index (Phi) is 4.83. The molecule has 0 saturated heterocycles. The molecule has 0 spiro atoms. The number of benzene rings is 2. The van der Waals surface area contributed by atoms with Crippen molar-refractivity contribution >= 4 is 33.2 Å². The fourth-order valence-corrected chi connectivity index (χ4v) is 2.81. The molecule has 100 valence electrons. The summed E-state index contributed by atoms with van der Waals surface area (Å²) in [5.41, 5.74) is 2.74. The van der Waals surface area contributed by atoms with Gasteiger partial charge in [-0.25, -0.2) is 4.39 Å². The van der Waals surface area contributed by atoms with E-state index in [9.17, 15) is 4.39 Å². The summed E-state index contributed by atoms with van der Waals surface area (Å²) in [6.45, 7) is 0.519. The lowest BCUT2D eigenvalue weighted by molar-refractivity contribution is 0.608. The predicted octanol–water partition coefficient (Wildman–Crippen LogP) is 4.96. The van der Waals surface area contributed by atoms with Gasteiger partial charge >= 0.3 is 0 Å². The van der Waals surface area contributed by atoms with Gasteiger partial charge in [0.05, 0.1) is 5.69 Å². The largest absolute Gasteiger partial charge is 0.369 e. The van der Waals surface area contributed by atoms with Gasteiger partial charge in [-0.2, -0.15) is 0 Å². The molecular weight excluding hydrogens is 329 g/mol. The van der Waals surface area contributed by atoms with E-state index >= 15 is 0 Å². The summed E-state index contributed by atoms with van der Waals surface area (Å²) < 4.78 is 14.6. The van der Waals surface area contributed by atoms with Gasteiger partial charge in [-0.05, 0) is 39.7 Å². The molecule has 0 amide bonds. The van der Waals surface area contributed by atoms with Crippen molar-refractivity contribution < 1.29 is 4.39 Å². The molecule has 0 atom stereocenters. The van der Waals surface area contributed by atoms with Gasteiger partial charge in [0.15, 0.2) is 0 Å². The molecule has 1 nitrogen and oxygen atoms in total. The monoisotopic (exact) mass is 341 g/mol. The fourth-order valence-electron chi connectivity index (χ4n) is 1.91. The molecule has 2 aromatic rings. The van der Waals surface area contributed by atoms with Crippen LogP contribution in [0.1, 0.15) is 11.1 Å². The normalized spacial score (nSPS) is 10.5. The van der Waals surface area contributed by atoms with Crippen molar-refractivity contribution in [1.82, 2.24) is 0 Å². The van der Waals surface area contributed by atoms with E-state index in [4.69, 9.17) is 11.6 Å². The van der Waals surface area contributed by atoms with Gasteiger partial charge in [-0.1, -0.05) is 24.3 Å². The Morgan fingerprint density at radius 1 is 1.21 bits per heavy atom. The number of alkyl halides is 1. The number of hydrogen-bond donors (Lipinski definition) is 0. The minimum atomic E-state index is -0.178. The summed E-state index contributed by atoms with van der Waals surface area (Å²) >= 11 is 9.32. The van der Waals surface area contributed by atoms with Crippen molar-refractivity contribution in [2.24, 2.45) is 0 Å². The molecule has 0 aromatic heterocycles. The van der Waals surface area contributed by atoms with Gasteiger partial charge in [-0.3, -0.25) is 0 Å². The van der Waals surface area contributed by atoms with E-state index < -0.39 is 0 Å². The second kappa shape index (κ2) is 6.40. The summed E-state index contributed by atoms with van der Waals surface area (Å²) in [5, 5.41) is 0. The van der Waals surface area contributed by atoms with E-state index in [1.807, 2.05) is 36.2 Å². The average Bonchev–Trinajstić information content (AvgIpc) is 2.41. The van der Waals surface area contributed by atoms with Gasteiger partial charge < -0.3 is 4.90 Å². The minimum absolute atomic E-state index is 0.178. The maximum atomic E-state index is 13.6. The molecule has 0 bridgehead atoms. The maximum Gasteiger partial charge on any atom is 0.128 e. The first-order valence-electron chi connectivity index (χ1n) is 5.90. The molecule has 0 aliphatic heterocycles. The Balaban J connectivity index is 2.21. The van der Waals surface area contributed by atoms with Crippen LogP contribution < -0.4 is 4.90 Å². The lowest BCUT2D eigenvalue weighted by Gasteiger charge is -2.21. The summed E-state index contributed by atoms with van der Waals surface area (Å²) in [6.07, 6.45) is 0. The summed E-state index contributed by atoms with van der Waals surface area (Å²) in [7, 11) is 1.94. The van der Waals surface area contributed by atoms with E-state index in [1.54, 1.807) is 12.1 Å². The highest BCUT2D eigenvalue weighted by molar-refractivity contribution is 9.10. The standard InChI is InChI=1S/C15H14BrClFN/c1-19(10-12-4-2-3-5-14(12)18)15-7-6-11(9-17)8-13(15)16/h2-8H,9-10H2,1H3. The second-order valence-electron chi connectivity index (χ2n) is 4.37. The van der Waals surface area contributed by atoms with E-state index in [1.165, 1.54) is 6.07 Å². The smallest absolute Gasteiger partial charge is 0.128 e. The molecule has 0 saturated carbocycles.